The van der Waals surface area contributed by atoms with Gasteiger partial charge in [0.2, 0.25) is 0 Å². The monoisotopic (exact) mass is 355 g/mol. The number of nitrogens with one attached hydrogen (secondary N) is 2. The lowest BCUT2D eigenvalue weighted by Crippen LogP contribution is -2.26. The fraction of sp³-hybridized carbons (Fsp3) is 0.350. The molecule has 26 heavy (non-hydrogen) atoms. The molecule has 0 saturated heterocycles. The molecule has 1 amide bonds. The first-order valence-corrected chi connectivity index (χ1v) is 8.82. The summed E-state index contributed by atoms with van der Waals surface area (Å²) in [5.41, 5.74) is 2.64. The van der Waals surface area contributed by atoms with E-state index in [1.807, 2.05) is 30.3 Å². The predicted octanol–water partition coefficient (Wildman–Crippen LogP) is 2.10. The van der Waals surface area contributed by atoms with Gasteiger partial charge < -0.3 is 15.4 Å². The van der Waals surface area contributed by atoms with E-state index in [9.17, 15) is 9.59 Å². The minimum Gasteiger partial charge on any atom is -0.466 e. The number of carbonyl (C=O) groups excluding carboxylic acids is 2. The van der Waals surface area contributed by atoms with E-state index in [2.05, 4.69) is 15.6 Å². The van der Waals surface area contributed by atoms with Gasteiger partial charge in [-0.05, 0) is 36.8 Å². The Morgan fingerprint density at radius 1 is 1.08 bits per heavy atom. The van der Waals surface area contributed by atoms with E-state index in [1.165, 1.54) is 0 Å². The molecule has 0 spiro atoms. The standard InChI is InChI=1S/C20H25N3O3/c1-2-26-19(24)11-13-21-15-16-6-8-17(9-7-16)20(25)23-14-10-18-5-3-4-12-22-18/h3-9,12,21H,2,10-11,13-15H2,1H3,(H,23,25). The van der Waals surface area contributed by atoms with Crippen molar-refractivity contribution in [2.24, 2.45) is 0 Å². The molecule has 0 fully saturated rings. The van der Waals surface area contributed by atoms with Crippen LogP contribution >= 0.6 is 0 Å². The molecule has 2 aromatic rings. The van der Waals surface area contributed by atoms with Gasteiger partial charge in [-0.1, -0.05) is 18.2 Å². The van der Waals surface area contributed by atoms with Crippen molar-refractivity contribution in [3.05, 3.63) is 65.5 Å². The third-order valence-electron chi connectivity index (χ3n) is 3.75. The van der Waals surface area contributed by atoms with E-state index in [0.717, 1.165) is 11.3 Å². The first-order valence-electron chi connectivity index (χ1n) is 8.82. The number of benzene rings is 1. The number of pyridine rings is 1. The minimum absolute atomic E-state index is 0.0947. The number of esters is 1. The number of carbonyl (C=O) groups is 2. The Morgan fingerprint density at radius 3 is 2.58 bits per heavy atom. The van der Waals surface area contributed by atoms with Crippen LogP contribution in [0.2, 0.25) is 0 Å². The summed E-state index contributed by atoms with van der Waals surface area (Å²) >= 11 is 0. The molecular formula is C20H25N3O3. The summed E-state index contributed by atoms with van der Waals surface area (Å²) in [6, 6.07) is 13.2. The molecule has 138 valence electrons. The zero-order chi connectivity index (χ0) is 18.6. The maximum atomic E-state index is 12.1. The first-order chi connectivity index (χ1) is 12.7. The molecule has 0 saturated carbocycles. The molecule has 1 aromatic heterocycles. The topological polar surface area (TPSA) is 80.3 Å². The van der Waals surface area contributed by atoms with Crippen LogP contribution in [0.15, 0.2) is 48.7 Å². The molecule has 0 radical (unpaired) electrons. The van der Waals surface area contributed by atoms with Crippen LogP contribution in [-0.2, 0) is 22.5 Å². The second-order valence-corrected chi connectivity index (χ2v) is 5.76. The highest BCUT2D eigenvalue weighted by molar-refractivity contribution is 5.94. The van der Waals surface area contributed by atoms with Crippen molar-refractivity contribution in [2.75, 3.05) is 19.7 Å². The molecule has 6 nitrogen and oxygen atoms in total. The van der Waals surface area contributed by atoms with E-state index < -0.39 is 0 Å². The molecular weight excluding hydrogens is 330 g/mol. The fourth-order valence-corrected chi connectivity index (χ4v) is 2.38. The van der Waals surface area contributed by atoms with Gasteiger partial charge in [-0.15, -0.1) is 0 Å². The van der Waals surface area contributed by atoms with Gasteiger partial charge in [-0.25, -0.2) is 0 Å². The quantitative estimate of drug-likeness (QED) is 0.504. The summed E-state index contributed by atoms with van der Waals surface area (Å²) in [7, 11) is 0. The lowest BCUT2D eigenvalue weighted by molar-refractivity contribution is -0.142. The van der Waals surface area contributed by atoms with Crippen LogP contribution in [0.25, 0.3) is 0 Å². The van der Waals surface area contributed by atoms with Crippen molar-refractivity contribution in [2.45, 2.75) is 26.3 Å². The largest absolute Gasteiger partial charge is 0.466 e. The van der Waals surface area contributed by atoms with Gasteiger partial charge >= 0.3 is 5.97 Å². The number of rotatable bonds is 10. The maximum absolute atomic E-state index is 12.1. The highest BCUT2D eigenvalue weighted by atomic mass is 16.5. The number of ether oxygens (including phenoxy) is 1. The summed E-state index contributed by atoms with van der Waals surface area (Å²) in [5, 5.41) is 6.08. The normalized spacial score (nSPS) is 10.3. The molecule has 2 rings (SSSR count). The second-order valence-electron chi connectivity index (χ2n) is 5.76. The van der Waals surface area contributed by atoms with Crippen LogP contribution in [-0.4, -0.2) is 36.6 Å². The Hall–Kier alpha value is -2.73. The Kier molecular flexibility index (Phi) is 8.29. The number of nitrogens with zero attached hydrogens (tertiary/aromatic N) is 1. The first kappa shape index (κ1) is 19.6. The van der Waals surface area contributed by atoms with E-state index in [0.29, 0.717) is 44.6 Å². The minimum atomic E-state index is -0.197. The van der Waals surface area contributed by atoms with Crippen molar-refractivity contribution >= 4 is 11.9 Å². The summed E-state index contributed by atoms with van der Waals surface area (Å²) in [6.07, 6.45) is 2.80. The maximum Gasteiger partial charge on any atom is 0.307 e. The fourth-order valence-electron chi connectivity index (χ4n) is 2.38. The molecule has 0 aliphatic carbocycles. The zero-order valence-electron chi connectivity index (χ0n) is 15.0. The van der Waals surface area contributed by atoms with Crippen molar-refractivity contribution in [3.8, 4) is 0 Å². The summed E-state index contributed by atoms with van der Waals surface area (Å²) in [6.45, 7) is 3.95. The van der Waals surface area contributed by atoms with Crippen LogP contribution in [0.3, 0.4) is 0 Å². The molecule has 1 aromatic carbocycles. The van der Waals surface area contributed by atoms with E-state index in [4.69, 9.17) is 4.74 Å². The van der Waals surface area contributed by atoms with Crippen LogP contribution in [0.4, 0.5) is 0 Å². The second kappa shape index (κ2) is 11.0. The molecule has 0 bridgehead atoms. The van der Waals surface area contributed by atoms with Gasteiger partial charge in [0.25, 0.3) is 5.91 Å². The number of hydrogen-bond acceptors (Lipinski definition) is 5. The van der Waals surface area contributed by atoms with Crippen molar-refractivity contribution in [3.63, 3.8) is 0 Å². The molecule has 0 unspecified atom stereocenters. The van der Waals surface area contributed by atoms with Crippen LogP contribution in [0.5, 0.6) is 0 Å². The average Bonchev–Trinajstić information content (AvgIpc) is 2.67. The highest BCUT2D eigenvalue weighted by Crippen LogP contribution is 2.05. The van der Waals surface area contributed by atoms with E-state index >= 15 is 0 Å². The molecule has 1 heterocycles. The Labute approximate surface area is 154 Å². The van der Waals surface area contributed by atoms with Gasteiger partial charge in [-0.3, -0.25) is 14.6 Å². The van der Waals surface area contributed by atoms with Crippen LogP contribution < -0.4 is 10.6 Å². The Balaban J connectivity index is 1.69. The van der Waals surface area contributed by atoms with E-state index in [-0.39, 0.29) is 11.9 Å². The summed E-state index contributed by atoms with van der Waals surface area (Å²) < 4.78 is 4.87. The van der Waals surface area contributed by atoms with Crippen molar-refractivity contribution in [1.82, 2.24) is 15.6 Å². The van der Waals surface area contributed by atoms with Crippen LogP contribution in [0.1, 0.15) is 35.0 Å². The number of amides is 1. The lowest BCUT2D eigenvalue weighted by atomic mass is 10.1. The highest BCUT2D eigenvalue weighted by Gasteiger charge is 2.05. The number of hydrogen-bond donors (Lipinski definition) is 2. The van der Waals surface area contributed by atoms with Gasteiger partial charge in [-0.2, -0.15) is 0 Å². The Bertz CT molecular complexity index is 687. The van der Waals surface area contributed by atoms with E-state index in [1.54, 1.807) is 25.3 Å². The van der Waals surface area contributed by atoms with Gasteiger partial charge in [0.1, 0.15) is 0 Å². The van der Waals surface area contributed by atoms with Crippen LogP contribution in [0, 0.1) is 0 Å². The third-order valence-corrected chi connectivity index (χ3v) is 3.75. The van der Waals surface area contributed by atoms with Gasteiger partial charge in [0, 0.05) is 43.5 Å². The lowest BCUT2D eigenvalue weighted by Gasteiger charge is -2.07. The zero-order valence-corrected chi connectivity index (χ0v) is 15.0. The predicted molar refractivity (Wildman–Crippen MR) is 99.7 cm³/mol. The SMILES string of the molecule is CCOC(=O)CCNCc1ccc(C(=O)NCCc2ccccn2)cc1. The summed E-state index contributed by atoms with van der Waals surface area (Å²) in [5.74, 6) is -0.291. The number of aromatic nitrogens is 1. The average molecular weight is 355 g/mol. The molecule has 0 atom stereocenters. The Morgan fingerprint density at radius 2 is 1.88 bits per heavy atom. The van der Waals surface area contributed by atoms with Gasteiger partial charge in [0.15, 0.2) is 0 Å². The molecule has 2 N–H and O–H groups in total. The third kappa shape index (κ3) is 7.03. The summed E-state index contributed by atoms with van der Waals surface area (Å²) in [4.78, 5) is 27.6. The van der Waals surface area contributed by atoms with Gasteiger partial charge in [0.05, 0.1) is 13.0 Å². The van der Waals surface area contributed by atoms with Crippen molar-refractivity contribution < 1.29 is 14.3 Å². The molecule has 0 aliphatic rings. The molecule has 6 heteroatoms. The molecule has 0 aliphatic heterocycles. The smallest absolute Gasteiger partial charge is 0.307 e. The van der Waals surface area contributed by atoms with Crippen molar-refractivity contribution in [1.29, 1.82) is 0 Å².